The summed E-state index contributed by atoms with van der Waals surface area (Å²) in [4.78, 5) is 45.5. The van der Waals surface area contributed by atoms with Crippen LogP contribution < -0.4 is 14.8 Å². The van der Waals surface area contributed by atoms with Crippen molar-refractivity contribution >= 4 is 35.1 Å². The van der Waals surface area contributed by atoms with E-state index in [4.69, 9.17) is 9.47 Å². The molecule has 0 radical (unpaired) electrons. The van der Waals surface area contributed by atoms with Crippen LogP contribution in [-0.4, -0.2) is 55.9 Å². The number of hydrogen-bond acceptors (Lipinski definition) is 8. The molecule has 2 aliphatic heterocycles. The number of carbonyl (C=O) groups excluding carboxylic acids is 2. The van der Waals surface area contributed by atoms with Gasteiger partial charge in [-0.1, -0.05) is 42.5 Å². The molecule has 3 heterocycles. The molecule has 200 valence electrons. The lowest BCUT2D eigenvalue weighted by molar-refractivity contribution is -0.115. The topological polar surface area (TPSA) is 131 Å². The maximum Gasteiger partial charge on any atom is 0.407 e. The van der Waals surface area contributed by atoms with Gasteiger partial charge in [0, 0.05) is 25.4 Å². The number of carbonyl (C=O) groups is 3. The molecule has 2 N–H and O–H groups in total. The lowest BCUT2D eigenvalue weighted by Gasteiger charge is -2.37. The second-order valence-corrected chi connectivity index (χ2v) is 10.2. The molecule has 0 aliphatic carbocycles. The normalized spacial score (nSPS) is 20.1. The van der Waals surface area contributed by atoms with Crippen LogP contribution in [0.4, 0.5) is 9.59 Å². The van der Waals surface area contributed by atoms with E-state index in [9.17, 15) is 19.5 Å². The smallest absolute Gasteiger partial charge is 0.407 e. The lowest BCUT2D eigenvalue weighted by Crippen LogP contribution is -2.49. The minimum absolute atomic E-state index is 0.214. The summed E-state index contributed by atoms with van der Waals surface area (Å²) in [7, 11) is 0. The predicted molar refractivity (Wildman–Crippen MR) is 145 cm³/mol. The van der Waals surface area contributed by atoms with Gasteiger partial charge < -0.3 is 19.5 Å². The van der Waals surface area contributed by atoms with Crippen molar-refractivity contribution < 1.29 is 29.0 Å². The van der Waals surface area contributed by atoms with E-state index in [2.05, 4.69) is 15.3 Å². The highest BCUT2D eigenvalue weighted by molar-refractivity contribution is 8.18. The van der Waals surface area contributed by atoms with Gasteiger partial charge in [0.15, 0.2) is 0 Å². The third-order valence-electron chi connectivity index (χ3n) is 6.51. The van der Waals surface area contributed by atoms with Gasteiger partial charge in [-0.25, -0.2) is 14.8 Å². The number of aromatic nitrogens is 2. The molecule has 3 aromatic rings. The second kappa shape index (κ2) is 11.6. The number of benzene rings is 2. The van der Waals surface area contributed by atoms with Gasteiger partial charge in [-0.15, -0.1) is 0 Å². The molecule has 3 amide bonds. The summed E-state index contributed by atoms with van der Waals surface area (Å²) in [6.45, 7) is 2.17. The summed E-state index contributed by atoms with van der Waals surface area (Å²) in [6.07, 6.45) is 3.51. The third-order valence-corrected chi connectivity index (χ3v) is 7.32. The van der Waals surface area contributed by atoms with Crippen LogP contribution in [0.2, 0.25) is 0 Å². The second-order valence-electron chi connectivity index (χ2n) is 9.22. The molecular formula is C28H26N4O6S. The molecule has 2 fully saturated rings. The highest BCUT2D eigenvalue weighted by atomic mass is 32.2. The number of imide groups is 1. The monoisotopic (exact) mass is 546 g/mol. The Morgan fingerprint density at radius 1 is 1.15 bits per heavy atom. The minimum Gasteiger partial charge on any atom is -0.474 e. The molecule has 11 heteroatoms. The molecule has 2 unspecified atom stereocenters. The summed E-state index contributed by atoms with van der Waals surface area (Å²) in [5, 5.41) is 11.5. The summed E-state index contributed by atoms with van der Waals surface area (Å²) >= 11 is 0.849. The zero-order valence-corrected chi connectivity index (χ0v) is 21.9. The van der Waals surface area contributed by atoms with Crippen molar-refractivity contribution in [3.63, 3.8) is 0 Å². The minimum atomic E-state index is -0.931. The van der Waals surface area contributed by atoms with Crippen molar-refractivity contribution in [2.75, 3.05) is 6.54 Å². The fraction of sp³-hybridized carbons (Fsp3) is 0.250. The van der Waals surface area contributed by atoms with Gasteiger partial charge in [0.25, 0.3) is 11.1 Å². The molecule has 0 spiro atoms. The number of nitrogens with one attached hydrogen (secondary N) is 1. The van der Waals surface area contributed by atoms with E-state index >= 15 is 0 Å². The number of amides is 3. The number of thioether (sulfide) groups is 1. The van der Waals surface area contributed by atoms with Gasteiger partial charge in [-0.2, -0.15) is 0 Å². The largest absolute Gasteiger partial charge is 0.474 e. The molecule has 5 rings (SSSR count). The van der Waals surface area contributed by atoms with Gasteiger partial charge in [0.05, 0.1) is 10.5 Å². The molecule has 39 heavy (non-hydrogen) atoms. The van der Waals surface area contributed by atoms with Crippen molar-refractivity contribution in [1.82, 2.24) is 20.2 Å². The number of piperidine rings is 1. The molecule has 2 aromatic carbocycles. The molecule has 2 atom stereocenters. The summed E-state index contributed by atoms with van der Waals surface area (Å²) in [6, 6.07) is 16.7. The average Bonchev–Trinajstić information content (AvgIpc) is 3.23. The highest BCUT2D eigenvalue weighted by Gasteiger charge is 2.33. The Bertz CT molecular complexity index is 1430. The van der Waals surface area contributed by atoms with Crippen LogP contribution in [0.1, 0.15) is 29.5 Å². The molecule has 0 bridgehead atoms. The fourth-order valence-corrected chi connectivity index (χ4v) is 5.29. The molecular weight excluding hydrogens is 520 g/mol. The summed E-state index contributed by atoms with van der Waals surface area (Å²) in [5.74, 6) is 0.759. The standard InChI is InChI=1S/C28H26N4O6S/c1-17-25(37-21-9-5-8-19(13-21)14-23-24(33)31-27(34)39-23)29-16-30-26(17)38-22-10-11-32(28(35)36)20(15-22)12-18-6-3-2-4-7-18/h2-9,13-14,16,20,22H,10-12,15H2,1H3,(H,35,36)(H,31,33,34). The van der Waals surface area contributed by atoms with E-state index < -0.39 is 17.2 Å². The van der Waals surface area contributed by atoms with Crippen LogP contribution in [0, 0.1) is 6.92 Å². The first-order valence-electron chi connectivity index (χ1n) is 12.4. The van der Waals surface area contributed by atoms with Gasteiger partial charge in [-0.3, -0.25) is 14.9 Å². The van der Waals surface area contributed by atoms with Gasteiger partial charge in [-0.05, 0) is 54.4 Å². The van der Waals surface area contributed by atoms with Crippen molar-refractivity contribution in [2.45, 2.75) is 38.3 Å². The van der Waals surface area contributed by atoms with Gasteiger partial charge in [0.1, 0.15) is 18.2 Å². The summed E-state index contributed by atoms with van der Waals surface area (Å²) < 4.78 is 12.3. The van der Waals surface area contributed by atoms with E-state index in [1.54, 1.807) is 37.3 Å². The van der Waals surface area contributed by atoms with Crippen LogP contribution in [0.15, 0.2) is 65.8 Å². The Kier molecular flexibility index (Phi) is 7.78. The van der Waals surface area contributed by atoms with Crippen LogP contribution in [0.25, 0.3) is 6.08 Å². The molecule has 1 aromatic heterocycles. The van der Waals surface area contributed by atoms with Crippen LogP contribution in [0.5, 0.6) is 17.5 Å². The zero-order valence-electron chi connectivity index (χ0n) is 21.1. The van der Waals surface area contributed by atoms with E-state index in [0.717, 1.165) is 17.3 Å². The number of likely N-dealkylation sites (tertiary alicyclic amines) is 1. The van der Waals surface area contributed by atoms with Crippen molar-refractivity contribution in [1.29, 1.82) is 0 Å². The number of rotatable bonds is 7. The number of nitrogens with zero attached hydrogens (tertiary/aromatic N) is 3. The van der Waals surface area contributed by atoms with Gasteiger partial charge in [0.2, 0.25) is 11.8 Å². The van der Waals surface area contributed by atoms with Gasteiger partial charge >= 0.3 is 6.09 Å². The van der Waals surface area contributed by atoms with Crippen molar-refractivity contribution in [2.24, 2.45) is 0 Å². The first-order chi connectivity index (χ1) is 18.9. The Labute approximate surface area is 229 Å². The van der Waals surface area contributed by atoms with E-state index in [1.807, 2.05) is 30.3 Å². The Morgan fingerprint density at radius 3 is 2.69 bits per heavy atom. The number of carboxylic acid groups (broad SMARTS) is 1. The highest BCUT2D eigenvalue weighted by Crippen LogP contribution is 2.32. The van der Waals surface area contributed by atoms with E-state index in [0.29, 0.717) is 59.3 Å². The zero-order chi connectivity index (χ0) is 27.4. The molecule has 2 saturated heterocycles. The van der Waals surface area contributed by atoms with Crippen LogP contribution in [-0.2, 0) is 11.2 Å². The first-order valence-corrected chi connectivity index (χ1v) is 13.2. The van der Waals surface area contributed by atoms with Crippen LogP contribution in [0.3, 0.4) is 0 Å². The first kappa shape index (κ1) is 26.2. The SMILES string of the molecule is Cc1c(Oc2cccc(C=C3SC(=O)NC3=O)c2)ncnc1OC1CCN(C(=O)O)C(Cc2ccccc2)C1. The number of hydrogen-bond donors (Lipinski definition) is 2. The van der Waals surface area contributed by atoms with Crippen LogP contribution >= 0.6 is 11.8 Å². The molecule has 2 aliphatic rings. The van der Waals surface area contributed by atoms with Crippen molar-refractivity contribution in [3.05, 3.63) is 82.5 Å². The maximum atomic E-state index is 11.9. The molecule has 0 saturated carbocycles. The predicted octanol–water partition coefficient (Wildman–Crippen LogP) is 5.03. The molecule has 10 nitrogen and oxygen atoms in total. The quantitative estimate of drug-likeness (QED) is 0.392. The van der Waals surface area contributed by atoms with Crippen molar-refractivity contribution in [3.8, 4) is 17.5 Å². The Hall–Kier alpha value is -4.38. The lowest BCUT2D eigenvalue weighted by atomic mass is 9.94. The van der Waals surface area contributed by atoms with E-state index in [-0.39, 0.29) is 12.1 Å². The maximum absolute atomic E-state index is 11.9. The van der Waals surface area contributed by atoms with E-state index in [1.165, 1.54) is 11.2 Å². The fourth-order valence-electron chi connectivity index (χ4n) is 4.60. The average molecular weight is 547 g/mol. The number of ether oxygens (including phenoxy) is 2. The Balaban J connectivity index is 1.29. The summed E-state index contributed by atoms with van der Waals surface area (Å²) in [5.41, 5.74) is 2.37. The third kappa shape index (κ3) is 6.37. The Morgan fingerprint density at radius 2 is 1.95 bits per heavy atom.